The third kappa shape index (κ3) is 4.43. The molecule has 1 amide bonds. The molecule has 0 fully saturated rings. The van der Waals surface area contributed by atoms with E-state index in [2.05, 4.69) is 20.8 Å². The Morgan fingerprint density at radius 1 is 1.17 bits per heavy atom. The van der Waals surface area contributed by atoms with E-state index < -0.39 is 17.6 Å². The van der Waals surface area contributed by atoms with Crippen molar-refractivity contribution in [2.45, 2.75) is 32.5 Å². The third-order valence-electron chi connectivity index (χ3n) is 3.38. The molecule has 1 aromatic heterocycles. The van der Waals surface area contributed by atoms with Gasteiger partial charge in [-0.05, 0) is 37.6 Å². The lowest BCUT2D eigenvalue weighted by Crippen LogP contribution is -2.19. The van der Waals surface area contributed by atoms with E-state index in [-0.39, 0.29) is 17.4 Å². The predicted octanol–water partition coefficient (Wildman–Crippen LogP) is 3.96. The molecule has 8 heteroatoms. The number of hydrogen-bond acceptors (Lipinski definition) is 4. The Morgan fingerprint density at radius 2 is 1.88 bits per heavy atom. The van der Waals surface area contributed by atoms with Gasteiger partial charge in [0, 0.05) is 6.04 Å². The number of nitrogens with zero attached hydrogens (tertiary/aromatic N) is 2. The van der Waals surface area contributed by atoms with Gasteiger partial charge in [0.1, 0.15) is 5.82 Å². The van der Waals surface area contributed by atoms with Gasteiger partial charge in [0.05, 0.1) is 11.3 Å². The molecule has 0 aliphatic heterocycles. The summed E-state index contributed by atoms with van der Waals surface area (Å²) in [6.45, 7) is 3.97. The van der Waals surface area contributed by atoms with E-state index >= 15 is 0 Å². The summed E-state index contributed by atoms with van der Waals surface area (Å²) in [6.07, 6.45) is -3.67. The zero-order chi connectivity index (χ0) is 17.7. The maximum absolute atomic E-state index is 12.9. The molecule has 1 unspecified atom stereocenters. The lowest BCUT2D eigenvalue weighted by Gasteiger charge is -2.13. The smallest absolute Gasteiger partial charge is 0.366 e. The van der Waals surface area contributed by atoms with Gasteiger partial charge in [0.25, 0.3) is 5.91 Å². The van der Waals surface area contributed by atoms with Gasteiger partial charge in [-0.25, -0.2) is 0 Å². The molecule has 5 nitrogen and oxygen atoms in total. The maximum atomic E-state index is 12.9. The quantitative estimate of drug-likeness (QED) is 0.866. The minimum Gasteiger partial charge on any atom is -0.366 e. The van der Waals surface area contributed by atoms with Crippen molar-refractivity contribution < 1.29 is 18.0 Å². The summed E-state index contributed by atoms with van der Waals surface area (Å²) in [4.78, 5) is 12.1. The molecule has 2 aromatic rings. The number of hydrogen-bond donors (Lipinski definition) is 2. The second kappa shape index (κ2) is 7.29. The first kappa shape index (κ1) is 17.7. The normalized spacial score (nSPS) is 12.5. The number of anilines is 2. The van der Waals surface area contributed by atoms with Crippen molar-refractivity contribution in [3.05, 3.63) is 47.7 Å². The van der Waals surface area contributed by atoms with Crippen molar-refractivity contribution >= 4 is 17.4 Å². The van der Waals surface area contributed by atoms with Crippen LogP contribution in [0.4, 0.5) is 24.7 Å². The average molecular weight is 338 g/mol. The third-order valence-corrected chi connectivity index (χ3v) is 3.38. The van der Waals surface area contributed by atoms with E-state index in [9.17, 15) is 18.0 Å². The number of nitrogens with one attached hydrogen (secondary N) is 2. The number of alkyl halides is 3. The van der Waals surface area contributed by atoms with Gasteiger partial charge in [0.2, 0.25) is 0 Å². The van der Waals surface area contributed by atoms with Crippen LogP contribution in [0.3, 0.4) is 0 Å². The fraction of sp³-hybridized carbons (Fsp3) is 0.312. The highest BCUT2D eigenvalue weighted by molar-refractivity contribution is 6.03. The van der Waals surface area contributed by atoms with E-state index in [0.717, 1.165) is 12.5 Å². The van der Waals surface area contributed by atoms with Crippen molar-refractivity contribution in [3.63, 3.8) is 0 Å². The van der Waals surface area contributed by atoms with Crippen LogP contribution in [0.1, 0.15) is 36.3 Å². The standard InChI is InChI=1S/C16H17F3N4O/c1-3-10(2)20-14-9-8-13(22-23-14)15(24)21-12-7-5-4-6-11(12)16(17,18)19/h4-10H,3H2,1-2H3,(H,20,23)(H,21,24). The highest BCUT2D eigenvalue weighted by Gasteiger charge is 2.33. The Morgan fingerprint density at radius 3 is 2.46 bits per heavy atom. The molecule has 1 aromatic carbocycles. The molecule has 128 valence electrons. The van der Waals surface area contributed by atoms with Gasteiger partial charge in [-0.3, -0.25) is 4.79 Å². The average Bonchev–Trinajstić information content (AvgIpc) is 2.55. The first-order chi connectivity index (χ1) is 11.3. The maximum Gasteiger partial charge on any atom is 0.418 e. The molecule has 1 heterocycles. The lowest BCUT2D eigenvalue weighted by molar-refractivity contribution is -0.136. The summed E-state index contributed by atoms with van der Waals surface area (Å²) in [5, 5.41) is 12.9. The van der Waals surface area contributed by atoms with Gasteiger partial charge in [-0.2, -0.15) is 13.2 Å². The predicted molar refractivity (Wildman–Crippen MR) is 84.8 cm³/mol. The van der Waals surface area contributed by atoms with Crippen LogP contribution in [0.5, 0.6) is 0 Å². The van der Waals surface area contributed by atoms with E-state index in [0.29, 0.717) is 5.82 Å². The Bertz CT molecular complexity index is 701. The lowest BCUT2D eigenvalue weighted by atomic mass is 10.1. The van der Waals surface area contributed by atoms with E-state index in [4.69, 9.17) is 0 Å². The van der Waals surface area contributed by atoms with Crippen LogP contribution in [0, 0.1) is 0 Å². The minimum atomic E-state index is -4.56. The summed E-state index contributed by atoms with van der Waals surface area (Å²) in [6, 6.07) is 7.92. The van der Waals surface area contributed by atoms with Gasteiger partial charge >= 0.3 is 6.18 Å². The number of benzene rings is 1. The van der Waals surface area contributed by atoms with Crippen LogP contribution in [-0.4, -0.2) is 22.1 Å². The van der Waals surface area contributed by atoms with Crippen LogP contribution in [-0.2, 0) is 6.18 Å². The van der Waals surface area contributed by atoms with Crippen molar-refractivity contribution in [2.24, 2.45) is 0 Å². The van der Waals surface area contributed by atoms with Crippen molar-refractivity contribution in [2.75, 3.05) is 10.6 Å². The summed E-state index contributed by atoms with van der Waals surface area (Å²) in [5.41, 5.74) is -1.30. The topological polar surface area (TPSA) is 66.9 Å². The molecule has 0 spiro atoms. The number of amides is 1. The van der Waals surface area contributed by atoms with Crippen LogP contribution < -0.4 is 10.6 Å². The van der Waals surface area contributed by atoms with Gasteiger partial charge in [-0.1, -0.05) is 19.1 Å². The van der Waals surface area contributed by atoms with Crippen LogP contribution in [0.15, 0.2) is 36.4 Å². The Balaban J connectivity index is 2.14. The first-order valence-corrected chi connectivity index (χ1v) is 7.39. The van der Waals surface area contributed by atoms with Crippen molar-refractivity contribution in [3.8, 4) is 0 Å². The molecule has 0 aliphatic rings. The zero-order valence-electron chi connectivity index (χ0n) is 13.2. The molecule has 2 N–H and O–H groups in total. The number of carbonyl (C=O) groups excluding carboxylic acids is 1. The molecular formula is C16H17F3N4O. The van der Waals surface area contributed by atoms with Crippen molar-refractivity contribution in [1.29, 1.82) is 0 Å². The summed E-state index contributed by atoms with van der Waals surface area (Å²) in [7, 11) is 0. The van der Waals surface area contributed by atoms with Gasteiger partial charge < -0.3 is 10.6 Å². The molecule has 0 radical (unpaired) electrons. The Kier molecular flexibility index (Phi) is 5.38. The number of aromatic nitrogens is 2. The van der Waals surface area contributed by atoms with Gasteiger partial charge in [0.15, 0.2) is 5.69 Å². The van der Waals surface area contributed by atoms with E-state index in [1.165, 1.54) is 24.3 Å². The zero-order valence-corrected chi connectivity index (χ0v) is 13.2. The van der Waals surface area contributed by atoms with Crippen molar-refractivity contribution in [1.82, 2.24) is 10.2 Å². The highest BCUT2D eigenvalue weighted by atomic mass is 19.4. The molecule has 1 atom stereocenters. The number of carbonyl (C=O) groups is 1. The Labute approximate surface area is 137 Å². The highest BCUT2D eigenvalue weighted by Crippen LogP contribution is 2.34. The van der Waals surface area contributed by atoms with E-state index in [1.807, 2.05) is 13.8 Å². The molecule has 2 rings (SSSR count). The summed E-state index contributed by atoms with van der Waals surface area (Å²) in [5.74, 6) is -0.258. The number of para-hydroxylation sites is 1. The Hall–Kier alpha value is -2.64. The summed E-state index contributed by atoms with van der Waals surface area (Å²) < 4.78 is 38.8. The number of rotatable bonds is 5. The van der Waals surface area contributed by atoms with Gasteiger partial charge in [-0.15, -0.1) is 10.2 Å². The molecular weight excluding hydrogens is 321 g/mol. The molecule has 0 saturated carbocycles. The first-order valence-electron chi connectivity index (χ1n) is 7.39. The fourth-order valence-electron chi connectivity index (χ4n) is 1.91. The monoisotopic (exact) mass is 338 g/mol. The van der Waals surface area contributed by atoms with Crippen LogP contribution in [0.2, 0.25) is 0 Å². The second-order valence-corrected chi connectivity index (χ2v) is 5.25. The largest absolute Gasteiger partial charge is 0.418 e. The molecule has 24 heavy (non-hydrogen) atoms. The minimum absolute atomic E-state index is 0.0679. The van der Waals surface area contributed by atoms with E-state index in [1.54, 1.807) is 6.07 Å². The molecule has 0 saturated heterocycles. The SMILES string of the molecule is CCC(C)Nc1ccc(C(=O)Nc2ccccc2C(F)(F)F)nn1. The summed E-state index contributed by atoms with van der Waals surface area (Å²) >= 11 is 0. The second-order valence-electron chi connectivity index (χ2n) is 5.25. The molecule has 0 bridgehead atoms. The number of halogens is 3. The van der Waals surface area contributed by atoms with Crippen LogP contribution >= 0.6 is 0 Å². The van der Waals surface area contributed by atoms with Crippen LogP contribution in [0.25, 0.3) is 0 Å². The molecule has 0 aliphatic carbocycles. The fourth-order valence-corrected chi connectivity index (χ4v) is 1.91.